The third-order valence-corrected chi connectivity index (χ3v) is 4.51. The molecule has 128 valence electrons. The molecule has 8 heteroatoms. The molecule has 0 atom stereocenters. The summed E-state index contributed by atoms with van der Waals surface area (Å²) >= 11 is 0. The van der Waals surface area contributed by atoms with Gasteiger partial charge in [-0.3, -0.25) is 19.7 Å². The van der Waals surface area contributed by atoms with E-state index in [1.54, 1.807) is 0 Å². The highest BCUT2D eigenvalue weighted by atomic mass is 16.2. The summed E-state index contributed by atoms with van der Waals surface area (Å²) in [6.45, 7) is 1.32. The van der Waals surface area contributed by atoms with E-state index in [1.165, 1.54) is 6.20 Å². The molecule has 0 radical (unpaired) electrons. The van der Waals surface area contributed by atoms with Gasteiger partial charge in [-0.05, 0) is 25.0 Å². The Bertz CT molecular complexity index is 940. The maximum absolute atomic E-state index is 12.4. The van der Waals surface area contributed by atoms with Crippen molar-refractivity contribution in [1.29, 1.82) is 0 Å². The second-order valence-electron chi connectivity index (χ2n) is 6.14. The Morgan fingerprint density at radius 3 is 2.72 bits per heavy atom. The maximum atomic E-state index is 12.4. The zero-order chi connectivity index (χ0) is 17.2. The molecule has 1 saturated heterocycles. The zero-order valence-corrected chi connectivity index (χ0v) is 13.5. The van der Waals surface area contributed by atoms with Crippen LogP contribution in [0.1, 0.15) is 12.8 Å². The number of nitrogens with zero attached hydrogens (tertiary/aromatic N) is 3. The third-order valence-electron chi connectivity index (χ3n) is 4.51. The van der Waals surface area contributed by atoms with Gasteiger partial charge < -0.3 is 10.2 Å². The summed E-state index contributed by atoms with van der Waals surface area (Å²) in [5, 5.41) is 9.96. The first-order valence-corrected chi connectivity index (χ1v) is 8.25. The minimum atomic E-state index is -0.210. The highest BCUT2D eigenvalue weighted by molar-refractivity contribution is 5.92. The summed E-state index contributed by atoms with van der Waals surface area (Å²) in [5.41, 5.74) is 1.08. The molecule has 0 saturated carbocycles. The van der Waals surface area contributed by atoms with Gasteiger partial charge in [0.25, 0.3) is 5.56 Å². The summed E-state index contributed by atoms with van der Waals surface area (Å²) < 4.78 is 0. The molecule has 0 spiro atoms. The smallest absolute Gasteiger partial charge is 0.263 e. The molecule has 8 nitrogen and oxygen atoms in total. The predicted octanol–water partition coefficient (Wildman–Crippen LogP) is 1.50. The van der Waals surface area contributed by atoms with E-state index in [1.807, 2.05) is 35.2 Å². The normalized spacial score (nSPS) is 15.4. The minimum absolute atomic E-state index is 0.0383. The van der Waals surface area contributed by atoms with Crippen LogP contribution in [-0.2, 0) is 4.79 Å². The van der Waals surface area contributed by atoms with E-state index in [0.29, 0.717) is 42.9 Å². The predicted molar refractivity (Wildman–Crippen MR) is 94.5 cm³/mol. The van der Waals surface area contributed by atoms with Crippen molar-refractivity contribution in [1.82, 2.24) is 20.2 Å². The number of anilines is 2. The van der Waals surface area contributed by atoms with Crippen molar-refractivity contribution in [2.75, 3.05) is 23.3 Å². The van der Waals surface area contributed by atoms with Crippen LogP contribution < -0.4 is 15.8 Å². The van der Waals surface area contributed by atoms with Crippen LogP contribution in [0.25, 0.3) is 11.0 Å². The van der Waals surface area contributed by atoms with E-state index in [0.717, 1.165) is 5.69 Å². The van der Waals surface area contributed by atoms with Gasteiger partial charge in [-0.15, -0.1) is 0 Å². The Balaban J connectivity index is 1.42. The van der Waals surface area contributed by atoms with Crippen LogP contribution in [-0.4, -0.2) is 39.2 Å². The highest BCUT2D eigenvalue weighted by Gasteiger charge is 2.26. The number of carbonyl (C=O) groups is 1. The van der Waals surface area contributed by atoms with Gasteiger partial charge in [-0.1, -0.05) is 18.2 Å². The van der Waals surface area contributed by atoms with Crippen LogP contribution in [0.5, 0.6) is 0 Å². The van der Waals surface area contributed by atoms with E-state index in [-0.39, 0.29) is 17.4 Å². The molecule has 1 aliphatic heterocycles. The molecule has 0 unspecified atom stereocenters. The molecule has 25 heavy (non-hydrogen) atoms. The van der Waals surface area contributed by atoms with Gasteiger partial charge in [0.1, 0.15) is 5.39 Å². The summed E-state index contributed by atoms with van der Waals surface area (Å²) in [7, 11) is 0. The van der Waals surface area contributed by atoms with Crippen LogP contribution in [0.2, 0.25) is 0 Å². The lowest BCUT2D eigenvalue weighted by Gasteiger charge is -2.31. The van der Waals surface area contributed by atoms with Gasteiger partial charge in [-0.25, -0.2) is 0 Å². The van der Waals surface area contributed by atoms with Crippen molar-refractivity contribution in [2.24, 2.45) is 5.92 Å². The molecule has 1 fully saturated rings. The van der Waals surface area contributed by atoms with Gasteiger partial charge in [0.15, 0.2) is 5.65 Å². The lowest BCUT2D eigenvalue weighted by molar-refractivity contribution is -0.120. The number of hydrogen-bond donors (Lipinski definition) is 3. The first-order chi connectivity index (χ1) is 12.2. The van der Waals surface area contributed by atoms with E-state index in [2.05, 4.69) is 25.5 Å². The van der Waals surface area contributed by atoms with Crippen LogP contribution in [0.3, 0.4) is 0 Å². The number of rotatable bonds is 3. The van der Waals surface area contributed by atoms with Gasteiger partial charge in [0.2, 0.25) is 11.9 Å². The number of H-pyrrole nitrogens is 2. The Labute approximate surface area is 143 Å². The van der Waals surface area contributed by atoms with E-state index >= 15 is 0 Å². The number of nitrogens with one attached hydrogen (secondary N) is 3. The Hall–Kier alpha value is -3.16. The van der Waals surface area contributed by atoms with Crippen molar-refractivity contribution in [2.45, 2.75) is 12.8 Å². The van der Waals surface area contributed by atoms with E-state index < -0.39 is 0 Å². The van der Waals surface area contributed by atoms with Crippen LogP contribution in [0, 0.1) is 5.92 Å². The molecular weight excluding hydrogens is 320 g/mol. The van der Waals surface area contributed by atoms with Gasteiger partial charge in [0, 0.05) is 24.7 Å². The molecule has 1 aliphatic rings. The maximum Gasteiger partial charge on any atom is 0.263 e. The molecule has 1 amide bonds. The number of piperidine rings is 1. The lowest BCUT2D eigenvalue weighted by atomic mass is 9.96. The van der Waals surface area contributed by atoms with Crippen LogP contribution >= 0.6 is 0 Å². The molecule has 0 aliphatic carbocycles. The minimum Gasteiger partial charge on any atom is -0.342 e. The summed E-state index contributed by atoms with van der Waals surface area (Å²) in [6, 6.07) is 9.46. The molecular formula is C17H18N6O2. The van der Waals surface area contributed by atoms with Gasteiger partial charge in [-0.2, -0.15) is 10.1 Å². The Kier molecular flexibility index (Phi) is 3.93. The average molecular weight is 338 g/mol. The molecule has 4 rings (SSSR count). The fourth-order valence-electron chi connectivity index (χ4n) is 3.10. The van der Waals surface area contributed by atoms with E-state index in [4.69, 9.17) is 0 Å². The Morgan fingerprint density at radius 2 is 1.96 bits per heavy atom. The summed E-state index contributed by atoms with van der Waals surface area (Å²) in [4.78, 5) is 33.6. The number of aromatic nitrogens is 4. The number of amides is 1. The fraction of sp³-hybridized carbons (Fsp3) is 0.294. The Morgan fingerprint density at radius 1 is 1.20 bits per heavy atom. The van der Waals surface area contributed by atoms with E-state index in [9.17, 15) is 9.59 Å². The molecule has 3 heterocycles. The summed E-state index contributed by atoms with van der Waals surface area (Å²) in [5.74, 6) is 0.513. The van der Waals surface area contributed by atoms with Gasteiger partial charge in [0.05, 0.1) is 6.20 Å². The monoisotopic (exact) mass is 338 g/mol. The third kappa shape index (κ3) is 3.10. The van der Waals surface area contributed by atoms with Gasteiger partial charge >= 0.3 is 0 Å². The number of aromatic amines is 2. The summed E-state index contributed by atoms with van der Waals surface area (Å²) in [6.07, 6.45) is 2.89. The molecule has 2 aromatic heterocycles. The largest absolute Gasteiger partial charge is 0.342 e. The van der Waals surface area contributed by atoms with Crippen molar-refractivity contribution < 1.29 is 4.79 Å². The number of benzene rings is 1. The first kappa shape index (κ1) is 15.4. The topological polar surface area (TPSA) is 107 Å². The fourth-order valence-corrected chi connectivity index (χ4v) is 3.10. The highest BCUT2D eigenvalue weighted by Crippen LogP contribution is 2.22. The van der Waals surface area contributed by atoms with Crippen LogP contribution in [0.15, 0.2) is 41.3 Å². The molecule has 3 aromatic rings. The zero-order valence-electron chi connectivity index (χ0n) is 13.5. The number of hydrogen-bond acceptors (Lipinski definition) is 5. The number of fused-ring (bicyclic) bond motifs is 1. The van der Waals surface area contributed by atoms with Crippen LogP contribution in [0.4, 0.5) is 11.6 Å². The first-order valence-electron chi connectivity index (χ1n) is 8.25. The van der Waals surface area contributed by atoms with Crippen molar-refractivity contribution >= 4 is 28.6 Å². The molecule has 3 N–H and O–H groups in total. The lowest BCUT2D eigenvalue weighted by Crippen LogP contribution is -2.39. The standard InChI is InChI=1S/C17H18N6O2/c24-15(19-12-4-2-1-3-5-12)11-6-8-23(9-7-11)17-20-14-13(10-18-22-14)16(25)21-17/h1-5,10-11H,6-9H2,(H,19,24)(H2,18,20,21,22,25). The second kappa shape index (κ2) is 6.39. The molecule has 0 bridgehead atoms. The average Bonchev–Trinajstić information content (AvgIpc) is 3.12. The van der Waals surface area contributed by atoms with Crippen molar-refractivity contribution in [3.63, 3.8) is 0 Å². The SMILES string of the molecule is O=C(Nc1ccccc1)C1CCN(c2nc3[nH]ncc3c(=O)[nH]2)CC1. The van der Waals surface area contributed by atoms with Crippen molar-refractivity contribution in [3.05, 3.63) is 46.9 Å². The quantitative estimate of drug-likeness (QED) is 0.671. The molecule has 1 aromatic carbocycles. The second-order valence-corrected chi connectivity index (χ2v) is 6.14. The number of para-hydroxylation sites is 1. The number of carbonyl (C=O) groups excluding carboxylic acids is 1. The van der Waals surface area contributed by atoms with Crippen molar-refractivity contribution in [3.8, 4) is 0 Å².